The molecule has 0 unspecified atom stereocenters. The summed E-state index contributed by atoms with van der Waals surface area (Å²) in [4.78, 5) is 0. The van der Waals surface area contributed by atoms with E-state index in [4.69, 9.17) is 20.4 Å². The van der Waals surface area contributed by atoms with Gasteiger partial charge in [-0.2, -0.15) is 0 Å². The summed E-state index contributed by atoms with van der Waals surface area (Å²) in [5.74, 6) is 0. The predicted octanol–water partition coefficient (Wildman–Crippen LogP) is -0.924. The van der Waals surface area contributed by atoms with Crippen molar-refractivity contribution in [2.24, 2.45) is 0 Å². The molecular weight excluding hydrogens is 296 g/mol. The molecule has 0 aliphatic heterocycles. The summed E-state index contributed by atoms with van der Waals surface area (Å²) < 4.78 is 0. The van der Waals surface area contributed by atoms with Gasteiger partial charge in [-0.25, -0.2) is 0 Å². The largest absolute Gasteiger partial charge is 0 e. The van der Waals surface area contributed by atoms with E-state index in [0.717, 1.165) is 0 Å². The summed E-state index contributed by atoms with van der Waals surface area (Å²) in [7, 11) is 0. The molecule has 0 fully saturated rings. The van der Waals surface area contributed by atoms with E-state index in [-0.39, 0.29) is 93.6 Å². The molecule has 0 rings (SSSR count). The first-order chi connectivity index (χ1) is 5.66. The van der Waals surface area contributed by atoms with E-state index in [1.54, 1.807) is 27.7 Å². The van der Waals surface area contributed by atoms with Crippen LogP contribution in [0.25, 0.3) is 0 Å². The maximum absolute atomic E-state index is 7.57. The molecule has 88 valence electrons. The topological polar surface area (TPSA) is 80.9 Å². The van der Waals surface area contributed by atoms with Crippen LogP contribution in [0.3, 0.4) is 0 Å². The van der Waals surface area contributed by atoms with E-state index >= 15 is 0 Å². The molecule has 14 heavy (non-hydrogen) atoms. The summed E-state index contributed by atoms with van der Waals surface area (Å²) in [5.41, 5.74) is 0. The van der Waals surface area contributed by atoms with Crippen molar-refractivity contribution in [1.82, 2.24) is 0 Å². The van der Waals surface area contributed by atoms with Gasteiger partial charge < -0.3 is 20.4 Å². The van der Waals surface area contributed by atoms with Gasteiger partial charge in [-0.3, -0.25) is 0 Å². The quantitative estimate of drug-likeness (QED) is 0.435. The fraction of sp³-hybridized carbons (Fsp3) is 1.00. The Bertz CT molecular complexity index is 29.3. The first kappa shape index (κ1) is 36.0. The predicted molar refractivity (Wildman–Crippen MR) is 59.6 cm³/mol. The van der Waals surface area contributed by atoms with Crippen molar-refractivity contribution < 1.29 is 42.1 Å². The first-order valence-corrected chi connectivity index (χ1v) is 4.09. The van der Waals surface area contributed by atoms with Crippen LogP contribution in [0.4, 0.5) is 0 Å². The zero-order valence-electron chi connectivity index (χ0n) is 9.12. The van der Waals surface area contributed by atoms with Gasteiger partial charge in [0.1, 0.15) is 0 Å². The second-order valence-electron chi connectivity index (χ2n) is 1.26. The third-order valence-electron chi connectivity index (χ3n) is 0. The van der Waals surface area contributed by atoms with E-state index in [0.29, 0.717) is 0 Å². The van der Waals surface area contributed by atoms with Crippen LogP contribution in [0.5, 0.6) is 0 Å². The molecule has 0 aliphatic carbocycles. The smallest absolute Gasteiger partial charge is 0 e. The molecule has 0 heterocycles. The van der Waals surface area contributed by atoms with Crippen LogP contribution in [-0.4, -0.2) is 92.3 Å². The molecule has 0 saturated carbocycles. The van der Waals surface area contributed by atoms with Crippen molar-refractivity contribution in [1.29, 1.82) is 0 Å². The van der Waals surface area contributed by atoms with Crippen molar-refractivity contribution in [3.8, 4) is 0 Å². The molecule has 0 aliphatic rings. The van der Waals surface area contributed by atoms with Gasteiger partial charge >= 0.3 is 45.5 Å². The summed E-state index contributed by atoms with van der Waals surface area (Å²) in [6, 6.07) is 0. The number of hydrogen-bond acceptors (Lipinski definition) is 4. The van der Waals surface area contributed by atoms with Crippen LogP contribution in [-0.2, 0) is 21.7 Å². The zero-order chi connectivity index (χ0) is 10.8. The fourth-order valence-electron chi connectivity index (χ4n) is 0. The number of aliphatic hydroxyl groups is 4. The summed E-state index contributed by atoms with van der Waals surface area (Å²) in [6.07, 6.45) is 0. The number of hydrogen-bond donors (Lipinski definition) is 4. The van der Waals surface area contributed by atoms with Gasteiger partial charge in [-0.05, 0) is 27.7 Å². The molecule has 6 heteroatoms. The zero-order valence-corrected chi connectivity index (χ0v) is 10.7. The second kappa shape index (κ2) is 81.3. The van der Waals surface area contributed by atoms with E-state index in [1.165, 1.54) is 0 Å². The third kappa shape index (κ3) is 576. The Morgan fingerprint density at radius 2 is 0.571 bits per heavy atom. The summed E-state index contributed by atoms with van der Waals surface area (Å²) in [6.45, 7) is 7.72. The molecule has 0 aromatic heterocycles. The van der Waals surface area contributed by atoms with Gasteiger partial charge in [0.2, 0.25) is 0 Å². The minimum absolute atomic E-state index is 0. The van der Waals surface area contributed by atoms with Crippen LogP contribution >= 0.6 is 0 Å². The molecule has 0 amide bonds. The monoisotopic (exact) mass is 322 g/mol. The summed E-state index contributed by atoms with van der Waals surface area (Å²) in [5, 5.41) is 30.3. The van der Waals surface area contributed by atoms with Crippen LogP contribution < -0.4 is 0 Å². The molecule has 0 saturated heterocycles. The van der Waals surface area contributed by atoms with Gasteiger partial charge in [-0.15, -0.1) is 0 Å². The molecule has 0 spiro atoms. The Morgan fingerprint density at radius 1 is 0.571 bits per heavy atom. The average Bonchev–Trinajstić information content (AvgIpc) is 1.92. The Balaban J connectivity index is -0.0000000145. The Labute approximate surface area is 140 Å². The normalized spacial score (nSPS) is 5.14. The van der Waals surface area contributed by atoms with Gasteiger partial charge in [-0.1, -0.05) is 0 Å². The molecule has 0 radical (unpaired) electrons. The second-order valence-corrected chi connectivity index (χ2v) is 1.26. The number of aliphatic hydroxyl groups excluding tert-OH is 4. The molecule has 4 nitrogen and oxygen atoms in total. The molecule has 0 aromatic rings. The minimum Gasteiger partial charge on any atom is 0 e. The van der Waals surface area contributed by atoms with Crippen LogP contribution in [0, 0.1) is 0 Å². The van der Waals surface area contributed by atoms with Crippen molar-refractivity contribution in [3.05, 3.63) is 0 Å². The van der Waals surface area contributed by atoms with Gasteiger partial charge in [0.25, 0.3) is 0 Å². The average molecular weight is 322 g/mol. The SMILES string of the molecule is CCO.CCO.CCO.CCO.[SrH2].[Ti]. The van der Waals surface area contributed by atoms with Crippen LogP contribution in [0.1, 0.15) is 27.7 Å². The molecule has 4 N–H and O–H groups in total. The van der Waals surface area contributed by atoms with Gasteiger partial charge in [0.05, 0.1) is 0 Å². The van der Waals surface area contributed by atoms with Crippen LogP contribution in [0.15, 0.2) is 0 Å². The van der Waals surface area contributed by atoms with Gasteiger partial charge in [0.15, 0.2) is 0 Å². The third-order valence-corrected chi connectivity index (χ3v) is 0. The van der Waals surface area contributed by atoms with Crippen molar-refractivity contribution >= 4 is 45.5 Å². The van der Waals surface area contributed by atoms with Crippen molar-refractivity contribution in [3.63, 3.8) is 0 Å². The van der Waals surface area contributed by atoms with Crippen molar-refractivity contribution in [2.45, 2.75) is 27.7 Å². The Morgan fingerprint density at radius 3 is 0.571 bits per heavy atom. The van der Waals surface area contributed by atoms with E-state index < -0.39 is 0 Å². The van der Waals surface area contributed by atoms with Crippen molar-refractivity contribution in [2.75, 3.05) is 26.4 Å². The molecule has 0 aromatic carbocycles. The van der Waals surface area contributed by atoms with E-state index in [2.05, 4.69) is 0 Å². The van der Waals surface area contributed by atoms with Gasteiger partial charge in [0, 0.05) is 48.1 Å². The minimum atomic E-state index is 0. The van der Waals surface area contributed by atoms with E-state index in [1.807, 2.05) is 0 Å². The number of rotatable bonds is 0. The Kier molecular flexibility index (Phi) is 209. The first-order valence-electron chi connectivity index (χ1n) is 4.09. The standard InChI is InChI=1S/4C2H6O.Sr.Ti.2H/c4*1-2-3;;;;/h4*3H,2H2,1H3;;;;. The summed E-state index contributed by atoms with van der Waals surface area (Å²) >= 11 is 0. The Hall–Kier alpha value is 2.03. The molecule has 0 atom stereocenters. The fourth-order valence-corrected chi connectivity index (χ4v) is 0. The molecular formula is C8H26O4SrTi. The maximum atomic E-state index is 7.57. The van der Waals surface area contributed by atoms with E-state index in [9.17, 15) is 0 Å². The maximum Gasteiger partial charge on any atom is 0 e. The van der Waals surface area contributed by atoms with Crippen LogP contribution in [0.2, 0.25) is 0 Å². The molecule has 0 bridgehead atoms.